The number of benzene rings is 2. The van der Waals surface area contributed by atoms with Crippen LogP contribution in [0.4, 0.5) is 0 Å². The molecular weight excluding hydrogens is 316 g/mol. The van der Waals surface area contributed by atoms with E-state index >= 15 is 0 Å². The van der Waals surface area contributed by atoms with Crippen LogP contribution in [0.25, 0.3) is 0 Å². The first-order chi connectivity index (χ1) is 12.2. The average Bonchev–Trinajstić information content (AvgIpc) is 3.08. The molecule has 3 aromatic rings. The van der Waals surface area contributed by atoms with Gasteiger partial charge in [-0.25, -0.2) is 5.43 Å². The van der Waals surface area contributed by atoms with Crippen LogP contribution in [-0.2, 0) is 6.61 Å². The summed E-state index contributed by atoms with van der Waals surface area (Å²) in [5.74, 6) is 1.04. The fourth-order valence-corrected chi connectivity index (χ4v) is 2.24. The molecule has 5 nitrogen and oxygen atoms in total. The Morgan fingerprint density at radius 1 is 1.12 bits per heavy atom. The van der Waals surface area contributed by atoms with Crippen molar-refractivity contribution in [2.75, 3.05) is 0 Å². The van der Waals surface area contributed by atoms with E-state index in [9.17, 15) is 4.79 Å². The van der Waals surface area contributed by atoms with Crippen LogP contribution in [0, 0.1) is 6.92 Å². The molecule has 126 valence electrons. The predicted octanol–water partition coefficient (Wildman–Crippen LogP) is 3.93. The molecule has 0 aliphatic heterocycles. The van der Waals surface area contributed by atoms with E-state index in [1.165, 1.54) is 6.26 Å². The Balaban J connectivity index is 1.52. The third-order valence-corrected chi connectivity index (χ3v) is 3.61. The molecule has 0 fully saturated rings. The lowest BCUT2D eigenvalue weighted by Gasteiger charge is -2.06. The lowest BCUT2D eigenvalue weighted by Crippen LogP contribution is -2.17. The number of carbonyl (C=O) groups excluding carboxylic acids is 1. The standard InChI is InChI=1S/C20H18N2O3/c1-15-19(11-12-24-15)20(23)22-21-13-16-7-9-18(10-8-16)25-14-17-5-3-2-4-6-17/h2-13H,14H2,1H3,(H,22,23). The van der Waals surface area contributed by atoms with Gasteiger partial charge in [-0.05, 0) is 48.4 Å². The third kappa shape index (κ3) is 4.57. The van der Waals surface area contributed by atoms with E-state index in [1.54, 1.807) is 19.2 Å². The van der Waals surface area contributed by atoms with Gasteiger partial charge in [0.2, 0.25) is 0 Å². The number of nitrogens with zero attached hydrogens (tertiary/aromatic N) is 1. The van der Waals surface area contributed by atoms with Gasteiger partial charge in [-0.3, -0.25) is 4.79 Å². The first-order valence-corrected chi connectivity index (χ1v) is 7.86. The highest BCUT2D eigenvalue weighted by Gasteiger charge is 2.09. The second-order valence-corrected chi connectivity index (χ2v) is 5.43. The van der Waals surface area contributed by atoms with Gasteiger partial charge in [0.1, 0.15) is 18.1 Å². The van der Waals surface area contributed by atoms with Gasteiger partial charge in [0.25, 0.3) is 5.91 Å². The highest BCUT2D eigenvalue weighted by atomic mass is 16.5. The second kappa shape index (κ2) is 7.97. The number of rotatable bonds is 6. The maximum Gasteiger partial charge on any atom is 0.274 e. The molecule has 1 heterocycles. The highest BCUT2D eigenvalue weighted by molar-refractivity contribution is 5.95. The smallest absolute Gasteiger partial charge is 0.274 e. The van der Waals surface area contributed by atoms with E-state index in [0.717, 1.165) is 16.9 Å². The molecule has 0 aliphatic carbocycles. The number of carbonyl (C=O) groups is 1. The van der Waals surface area contributed by atoms with Gasteiger partial charge in [-0.1, -0.05) is 30.3 Å². The SMILES string of the molecule is Cc1occc1C(=O)NN=Cc1ccc(OCc2ccccc2)cc1. The van der Waals surface area contributed by atoms with Crippen LogP contribution < -0.4 is 10.2 Å². The Kier molecular flexibility index (Phi) is 5.26. The van der Waals surface area contributed by atoms with Crippen LogP contribution in [0.3, 0.4) is 0 Å². The molecule has 0 saturated carbocycles. The van der Waals surface area contributed by atoms with Crippen LogP contribution >= 0.6 is 0 Å². The van der Waals surface area contributed by atoms with Crippen LogP contribution in [0.5, 0.6) is 5.75 Å². The number of aryl methyl sites for hydroxylation is 1. The minimum absolute atomic E-state index is 0.301. The third-order valence-electron chi connectivity index (χ3n) is 3.61. The van der Waals surface area contributed by atoms with Crippen molar-refractivity contribution in [3.8, 4) is 5.75 Å². The number of ether oxygens (including phenoxy) is 1. The van der Waals surface area contributed by atoms with E-state index in [1.807, 2.05) is 54.6 Å². The van der Waals surface area contributed by atoms with Gasteiger partial charge in [-0.2, -0.15) is 5.10 Å². The summed E-state index contributed by atoms with van der Waals surface area (Å²) in [5.41, 5.74) is 4.92. The first-order valence-electron chi connectivity index (χ1n) is 7.86. The van der Waals surface area contributed by atoms with Crippen molar-refractivity contribution in [2.24, 2.45) is 5.10 Å². The summed E-state index contributed by atoms with van der Waals surface area (Å²) in [6.07, 6.45) is 3.05. The average molecular weight is 334 g/mol. The van der Waals surface area contributed by atoms with Gasteiger partial charge in [0, 0.05) is 0 Å². The fraction of sp³-hybridized carbons (Fsp3) is 0.100. The van der Waals surface area contributed by atoms with Crippen molar-refractivity contribution >= 4 is 12.1 Å². The number of furan rings is 1. The molecule has 25 heavy (non-hydrogen) atoms. The van der Waals surface area contributed by atoms with Crippen molar-refractivity contribution in [2.45, 2.75) is 13.5 Å². The van der Waals surface area contributed by atoms with Crippen molar-refractivity contribution < 1.29 is 13.9 Å². The molecule has 5 heteroatoms. The second-order valence-electron chi connectivity index (χ2n) is 5.43. The maximum absolute atomic E-state index is 11.9. The normalized spacial score (nSPS) is 10.8. The summed E-state index contributed by atoms with van der Waals surface area (Å²) in [6, 6.07) is 19.1. The Morgan fingerprint density at radius 2 is 1.88 bits per heavy atom. The van der Waals surface area contributed by atoms with Gasteiger partial charge < -0.3 is 9.15 Å². The van der Waals surface area contributed by atoms with Gasteiger partial charge >= 0.3 is 0 Å². The van der Waals surface area contributed by atoms with E-state index in [-0.39, 0.29) is 5.91 Å². The van der Waals surface area contributed by atoms with E-state index in [2.05, 4.69) is 10.5 Å². The maximum atomic E-state index is 11.9. The molecule has 1 aromatic heterocycles. The summed E-state index contributed by atoms with van der Waals surface area (Å²) in [4.78, 5) is 11.9. The number of hydrogen-bond acceptors (Lipinski definition) is 4. The summed E-state index contributed by atoms with van der Waals surface area (Å²) in [5, 5.41) is 3.95. The summed E-state index contributed by atoms with van der Waals surface area (Å²) in [7, 11) is 0. The van der Waals surface area contributed by atoms with Crippen molar-refractivity contribution in [3.05, 3.63) is 89.4 Å². The monoisotopic (exact) mass is 334 g/mol. The molecule has 0 atom stereocenters. The highest BCUT2D eigenvalue weighted by Crippen LogP contribution is 2.13. The van der Waals surface area contributed by atoms with Crippen molar-refractivity contribution in [1.82, 2.24) is 5.43 Å². The molecule has 0 unspecified atom stereocenters. The zero-order chi connectivity index (χ0) is 17.5. The molecule has 0 aliphatic rings. The van der Waals surface area contributed by atoms with Crippen molar-refractivity contribution in [3.63, 3.8) is 0 Å². The van der Waals surface area contributed by atoms with Crippen LogP contribution in [-0.4, -0.2) is 12.1 Å². The predicted molar refractivity (Wildman–Crippen MR) is 95.7 cm³/mol. The molecule has 2 aromatic carbocycles. The van der Waals surface area contributed by atoms with Crippen LogP contribution in [0.15, 0.2) is 76.4 Å². The topological polar surface area (TPSA) is 63.8 Å². The van der Waals surface area contributed by atoms with Crippen LogP contribution in [0.1, 0.15) is 27.2 Å². The molecule has 1 amide bonds. The van der Waals surface area contributed by atoms with E-state index in [0.29, 0.717) is 17.9 Å². The quantitative estimate of drug-likeness (QED) is 0.549. The lowest BCUT2D eigenvalue weighted by atomic mass is 10.2. The lowest BCUT2D eigenvalue weighted by molar-refractivity contribution is 0.0953. The summed E-state index contributed by atoms with van der Waals surface area (Å²) in [6.45, 7) is 2.25. The minimum Gasteiger partial charge on any atom is -0.489 e. The first kappa shape index (κ1) is 16.5. The molecule has 0 radical (unpaired) electrons. The zero-order valence-corrected chi connectivity index (χ0v) is 13.8. The molecule has 3 rings (SSSR count). The summed E-state index contributed by atoms with van der Waals surface area (Å²) >= 11 is 0. The van der Waals surface area contributed by atoms with E-state index < -0.39 is 0 Å². The number of nitrogens with one attached hydrogen (secondary N) is 1. The fourth-order valence-electron chi connectivity index (χ4n) is 2.24. The minimum atomic E-state index is -0.301. The van der Waals surface area contributed by atoms with Crippen LogP contribution in [0.2, 0.25) is 0 Å². The number of hydrazone groups is 1. The zero-order valence-electron chi connectivity index (χ0n) is 13.8. The number of hydrogen-bond donors (Lipinski definition) is 1. The molecule has 0 bridgehead atoms. The van der Waals surface area contributed by atoms with Gasteiger partial charge in [0.15, 0.2) is 0 Å². The Hall–Kier alpha value is -3.34. The van der Waals surface area contributed by atoms with Crippen molar-refractivity contribution in [1.29, 1.82) is 0 Å². The Labute approximate surface area is 145 Å². The van der Waals surface area contributed by atoms with E-state index in [4.69, 9.17) is 9.15 Å². The molecule has 0 spiro atoms. The van der Waals surface area contributed by atoms with Gasteiger partial charge in [-0.15, -0.1) is 0 Å². The van der Waals surface area contributed by atoms with Gasteiger partial charge in [0.05, 0.1) is 18.0 Å². The molecular formula is C20H18N2O3. The Bertz CT molecular complexity index is 852. The molecule has 0 saturated heterocycles. The molecule has 1 N–H and O–H groups in total. The Morgan fingerprint density at radius 3 is 2.56 bits per heavy atom. The summed E-state index contributed by atoms with van der Waals surface area (Å²) < 4.78 is 10.8. The number of amides is 1. The largest absolute Gasteiger partial charge is 0.489 e.